The van der Waals surface area contributed by atoms with Crippen LogP contribution in [0.5, 0.6) is 0 Å². The summed E-state index contributed by atoms with van der Waals surface area (Å²) in [5.74, 6) is 0.881. The summed E-state index contributed by atoms with van der Waals surface area (Å²) in [6.07, 6.45) is 0.936. The van der Waals surface area contributed by atoms with Gasteiger partial charge in [0.1, 0.15) is 11.3 Å². The highest BCUT2D eigenvalue weighted by Gasteiger charge is 2.13. The van der Waals surface area contributed by atoms with E-state index >= 15 is 0 Å². The minimum Gasteiger partial charge on any atom is -0.382 e. The van der Waals surface area contributed by atoms with Gasteiger partial charge in [0.15, 0.2) is 0 Å². The van der Waals surface area contributed by atoms with Gasteiger partial charge in [0, 0.05) is 5.39 Å². The molecule has 0 aliphatic carbocycles. The van der Waals surface area contributed by atoms with Crippen LogP contribution in [-0.4, -0.2) is 15.0 Å². The van der Waals surface area contributed by atoms with Crippen molar-refractivity contribution in [3.8, 4) is 0 Å². The summed E-state index contributed by atoms with van der Waals surface area (Å²) in [5, 5.41) is 0.985. The molecule has 1 aromatic carbocycles. The van der Waals surface area contributed by atoms with Crippen LogP contribution < -0.4 is 11.4 Å². The van der Waals surface area contributed by atoms with Crippen LogP contribution in [0.15, 0.2) is 23.0 Å². The van der Waals surface area contributed by atoms with Gasteiger partial charge in [0.2, 0.25) is 0 Å². The first-order chi connectivity index (χ1) is 9.06. The van der Waals surface area contributed by atoms with Crippen molar-refractivity contribution in [2.24, 2.45) is 5.92 Å². The fourth-order valence-electron chi connectivity index (χ4n) is 2.53. The Hall–Kier alpha value is -2.30. The molecule has 2 heterocycles. The molecule has 5 heteroatoms. The van der Waals surface area contributed by atoms with E-state index in [1.807, 2.05) is 12.1 Å². The van der Waals surface area contributed by atoms with Crippen LogP contribution in [-0.2, 0) is 6.42 Å². The summed E-state index contributed by atoms with van der Waals surface area (Å²) in [4.78, 5) is 21.4. The lowest BCUT2D eigenvalue weighted by Gasteiger charge is -2.10. The Bertz CT molecular complexity index is 813. The number of benzene rings is 1. The number of H-pyrrole nitrogens is 2. The first kappa shape index (κ1) is 11.8. The van der Waals surface area contributed by atoms with E-state index in [-0.39, 0.29) is 5.69 Å². The molecule has 0 radical (unpaired) electrons. The van der Waals surface area contributed by atoms with Crippen molar-refractivity contribution >= 4 is 27.8 Å². The predicted octanol–water partition coefficient (Wildman–Crippen LogP) is 2.19. The Balaban J connectivity index is 2.46. The summed E-state index contributed by atoms with van der Waals surface area (Å²) >= 11 is 0. The molecule has 98 valence electrons. The molecule has 0 unspecified atom stereocenters. The van der Waals surface area contributed by atoms with E-state index in [0.29, 0.717) is 17.3 Å². The van der Waals surface area contributed by atoms with Gasteiger partial charge in [-0.3, -0.25) is 0 Å². The number of rotatable bonds is 2. The second kappa shape index (κ2) is 4.12. The molecule has 5 nitrogen and oxygen atoms in total. The van der Waals surface area contributed by atoms with Crippen molar-refractivity contribution in [1.29, 1.82) is 0 Å². The van der Waals surface area contributed by atoms with Crippen molar-refractivity contribution in [2.75, 3.05) is 5.73 Å². The molecule has 0 atom stereocenters. The van der Waals surface area contributed by atoms with Crippen LogP contribution in [0.3, 0.4) is 0 Å². The molecule has 0 saturated heterocycles. The van der Waals surface area contributed by atoms with Crippen molar-refractivity contribution < 1.29 is 0 Å². The standard InChI is InChI=1S/C14H16N4O/c1-7(2)6-8-4-3-5-9-10(8)11-12(13(15)16-9)18-14(19)17-11/h3-5,7H,6H2,1-2H3,(H2,15,16)(H2,17,18,19). The molecule has 0 fully saturated rings. The number of nitrogens with two attached hydrogens (primary N) is 1. The fourth-order valence-corrected chi connectivity index (χ4v) is 2.53. The summed E-state index contributed by atoms with van der Waals surface area (Å²) < 4.78 is 0. The van der Waals surface area contributed by atoms with Crippen LogP contribution in [0.4, 0.5) is 5.82 Å². The van der Waals surface area contributed by atoms with E-state index in [4.69, 9.17) is 5.73 Å². The minimum absolute atomic E-state index is 0.254. The van der Waals surface area contributed by atoms with Crippen LogP contribution in [0, 0.1) is 5.92 Å². The lowest BCUT2D eigenvalue weighted by Crippen LogP contribution is -1.99. The number of nitrogen functional groups attached to an aromatic ring is 1. The molecule has 0 aliphatic rings. The van der Waals surface area contributed by atoms with E-state index in [1.165, 1.54) is 5.56 Å². The van der Waals surface area contributed by atoms with Gasteiger partial charge in [-0.25, -0.2) is 9.78 Å². The highest BCUT2D eigenvalue weighted by Crippen LogP contribution is 2.28. The van der Waals surface area contributed by atoms with Gasteiger partial charge in [-0.05, 0) is 24.0 Å². The Morgan fingerprint density at radius 2 is 2.00 bits per heavy atom. The number of imidazole rings is 1. The second-order valence-electron chi connectivity index (χ2n) is 5.24. The quantitative estimate of drug-likeness (QED) is 0.656. The van der Waals surface area contributed by atoms with Gasteiger partial charge in [-0.15, -0.1) is 0 Å². The number of nitrogens with zero attached hydrogens (tertiary/aromatic N) is 1. The van der Waals surface area contributed by atoms with Crippen molar-refractivity contribution in [3.63, 3.8) is 0 Å². The van der Waals surface area contributed by atoms with E-state index < -0.39 is 0 Å². The highest BCUT2D eigenvalue weighted by molar-refractivity contribution is 6.07. The Kier molecular flexibility index (Phi) is 2.55. The van der Waals surface area contributed by atoms with Gasteiger partial charge >= 0.3 is 5.69 Å². The lowest BCUT2D eigenvalue weighted by molar-refractivity contribution is 0.650. The van der Waals surface area contributed by atoms with E-state index in [1.54, 1.807) is 0 Å². The Morgan fingerprint density at radius 1 is 1.26 bits per heavy atom. The highest BCUT2D eigenvalue weighted by atomic mass is 16.1. The van der Waals surface area contributed by atoms with Crippen LogP contribution in [0.1, 0.15) is 19.4 Å². The number of nitrogens with one attached hydrogen (secondary N) is 2. The van der Waals surface area contributed by atoms with E-state index in [0.717, 1.165) is 22.8 Å². The average Bonchev–Trinajstić information content (AvgIpc) is 2.70. The third-order valence-electron chi connectivity index (χ3n) is 3.23. The zero-order valence-electron chi connectivity index (χ0n) is 10.9. The van der Waals surface area contributed by atoms with Crippen LogP contribution >= 0.6 is 0 Å². The molecule has 0 spiro atoms. The molecule has 3 rings (SSSR count). The number of anilines is 1. The van der Waals surface area contributed by atoms with Gasteiger partial charge in [-0.1, -0.05) is 26.0 Å². The number of fused-ring (bicyclic) bond motifs is 3. The molecule has 0 amide bonds. The van der Waals surface area contributed by atoms with Gasteiger partial charge in [-0.2, -0.15) is 0 Å². The third-order valence-corrected chi connectivity index (χ3v) is 3.23. The summed E-state index contributed by atoms with van der Waals surface area (Å²) in [7, 11) is 0. The first-order valence-corrected chi connectivity index (χ1v) is 6.35. The largest absolute Gasteiger partial charge is 0.382 e. The molecular weight excluding hydrogens is 240 g/mol. The topological polar surface area (TPSA) is 87.6 Å². The maximum atomic E-state index is 11.5. The minimum atomic E-state index is -0.254. The molecule has 0 aliphatic heterocycles. The summed E-state index contributed by atoms with van der Waals surface area (Å²) in [5.41, 5.74) is 8.98. The van der Waals surface area contributed by atoms with Gasteiger partial charge in [0.05, 0.1) is 11.0 Å². The molecule has 2 aromatic heterocycles. The number of aromatic nitrogens is 3. The predicted molar refractivity (Wildman–Crippen MR) is 77.2 cm³/mol. The van der Waals surface area contributed by atoms with Crippen molar-refractivity contribution in [3.05, 3.63) is 34.2 Å². The van der Waals surface area contributed by atoms with E-state index in [9.17, 15) is 4.79 Å². The fraction of sp³-hybridized carbons (Fsp3) is 0.286. The summed E-state index contributed by atoms with van der Waals surface area (Å²) in [6.45, 7) is 4.33. The number of pyridine rings is 1. The van der Waals surface area contributed by atoms with Crippen molar-refractivity contribution in [2.45, 2.75) is 20.3 Å². The number of aromatic amines is 2. The Morgan fingerprint density at radius 3 is 2.74 bits per heavy atom. The maximum absolute atomic E-state index is 11.5. The molecule has 19 heavy (non-hydrogen) atoms. The molecular formula is C14H16N4O. The molecule has 0 bridgehead atoms. The number of hydrogen-bond donors (Lipinski definition) is 3. The van der Waals surface area contributed by atoms with Crippen LogP contribution in [0.25, 0.3) is 21.9 Å². The Labute approximate surface area is 109 Å². The van der Waals surface area contributed by atoms with Crippen LogP contribution in [0.2, 0.25) is 0 Å². The maximum Gasteiger partial charge on any atom is 0.323 e. The van der Waals surface area contributed by atoms with Crippen molar-refractivity contribution in [1.82, 2.24) is 15.0 Å². The zero-order chi connectivity index (χ0) is 13.6. The molecule has 3 aromatic rings. The molecule has 0 saturated carbocycles. The second-order valence-corrected chi connectivity index (χ2v) is 5.24. The third kappa shape index (κ3) is 1.87. The zero-order valence-corrected chi connectivity index (χ0v) is 10.9. The normalized spacial score (nSPS) is 11.7. The smallest absolute Gasteiger partial charge is 0.323 e. The lowest BCUT2D eigenvalue weighted by atomic mass is 9.98. The summed E-state index contributed by atoms with van der Waals surface area (Å²) in [6, 6.07) is 5.97. The monoisotopic (exact) mass is 256 g/mol. The SMILES string of the molecule is CC(C)Cc1cccc2nc(N)c3[nH]c(=O)[nH]c3c12. The molecule has 4 N–H and O–H groups in total. The van der Waals surface area contributed by atoms with E-state index in [2.05, 4.69) is 34.9 Å². The van der Waals surface area contributed by atoms with Gasteiger partial charge < -0.3 is 15.7 Å². The van der Waals surface area contributed by atoms with Gasteiger partial charge in [0.25, 0.3) is 0 Å². The first-order valence-electron chi connectivity index (χ1n) is 6.35. The average molecular weight is 256 g/mol. The number of hydrogen-bond acceptors (Lipinski definition) is 3.